The van der Waals surface area contributed by atoms with Gasteiger partial charge in [-0.15, -0.1) is 0 Å². The lowest BCUT2D eigenvalue weighted by Crippen LogP contribution is -2.46. The van der Waals surface area contributed by atoms with Gasteiger partial charge in [0.15, 0.2) is 0 Å². The molecule has 20 heavy (non-hydrogen) atoms. The quantitative estimate of drug-likeness (QED) is 0.800. The summed E-state index contributed by atoms with van der Waals surface area (Å²) < 4.78 is 27.3. The van der Waals surface area contributed by atoms with Crippen molar-refractivity contribution in [2.75, 3.05) is 20.1 Å². The van der Waals surface area contributed by atoms with E-state index in [-0.39, 0.29) is 15.9 Å². The average Bonchev–Trinajstić information content (AvgIpc) is 2.38. The first-order valence-electron chi connectivity index (χ1n) is 6.49. The van der Waals surface area contributed by atoms with Crippen molar-refractivity contribution in [3.63, 3.8) is 0 Å². The van der Waals surface area contributed by atoms with E-state index in [1.165, 1.54) is 12.1 Å². The highest BCUT2D eigenvalue weighted by molar-refractivity contribution is 7.89. The van der Waals surface area contributed by atoms with Gasteiger partial charge in [0.25, 0.3) is 0 Å². The van der Waals surface area contributed by atoms with Crippen LogP contribution in [0.4, 0.5) is 0 Å². The first-order valence-corrected chi connectivity index (χ1v) is 8.38. The van der Waals surface area contributed by atoms with E-state index in [1.807, 2.05) is 7.05 Å². The smallest absolute Gasteiger partial charge is 0.240 e. The van der Waals surface area contributed by atoms with Crippen LogP contribution in [0.5, 0.6) is 0 Å². The maximum atomic E-state index is 12.3. The zero-order valence-electron chi connectivity index (χ0n) is 11.4. The number of piperidine rings is 1. The number of hydrogen-bond donors (Lipinski definition) is 2. The normalized spacial score (nSPS) is 20.8. The van der Waals surface area contributed by atoms with Crippen molar-refractivity contribution in [2.45, 2.75) is 23.8 Å². The second-order valence-corrected chi connectivity index (χ2v) is 7.27. The Hall–Kier alpha value is -1.02. The summed E-state index contributed by atoms with van der Waals surface area (Å²) in [6.07, 6.45) is 1.87. The second kappa shape index (κ2) is 6.17. The summed E-state index contributed by atoms with van der Waals surface area (Å²) in [4.78, 5) is 2.63. The van der Waals surface area contributed by atoms with Gasteiger partial charge in [0.1, 0.15) is 4.99 Å². The number of likely N-dealkylation sites (N-methyl/N-ethyl adjacent to an activating group) is 1. The molecule has 1 atom stereocenters. The Morgan fingerprint density at radius 3 is 2.60 bits per heavy atom. The average molecular weight is 313 g/mol. The number of hydrogen-bond acceptors (Lipinski definition) is 4. The van der Waals surface area contributed by atoms with Crippen molar-refractivity contribution < 1.29 is 8.42 Å². The Balaban J connectivity index is 2.11. The van der Waals surface area contributed by atoms with Gasteiger partial charge < -0.3 is 10.6 Å². The maximum Gasteiger partial charge on any atom is 0.240 e. The molecule has 5 nitrogen and oxygen atoms in total. The number of likely N-dealkylation sites (tertiary alicyclic amines) is 1. The van der Waals surface area contributed by atoms with E-state index in [0.29, 0.717) is 5.56 Å². The van der Waals surface area contributed by atoms with Crippen LogP contribution in [0.2, 0.25) is 0 Å². The summed E-state index contributed by atoms with van der Waals surface area (Å²) in [5, 5.41) is 0. The molecule has 1 aliphatic rings. The van der Waals surface area contributed by atoms with E-state index in [4.69, 9.17) is 18.0 Å². The molecule has 0 aromatic heterocycles. The van der Waals surface area contributed by atoms with Crippen LogP contribution in [-0.2, 0) is 10.0 Å². The summed E-state index contributed by atoms with van der Waals surface area (Å²) in [5.74, 6) is 0. The third kappa shape index (κ3) is 3.76. The molecule has 1 unspecified atom stereocenters. The molecule has 2 rings (SSSR count). The molecule has 0 radical (unpaired) electrons. The third-order valence-electron chi connectivity index (χ3n) is 3.40. The van der Waals surface area contributed by atoms with Gasteiger partial charge in [0, 0.05) is 18.2 Å². The Morgan fingerprint density at radius 2 is 2.05 bits per heavy atom. The van der Waals surface area contributed by atoms with E-state index >= 15 is 0 Å². The standard InChI is InChI=1S/C13H19N3O2S2/c1-16-8-2-3-11(9-16)15-20(17,18)12-6-4-10(5-7-12)13(14)19/h4-7,11,15H,2-3,8-9H2,1H3,(H2,14,19). The van der Waals surface area contributed by atoms with Crippen LogP contribution in [0.3, 0.4) is 0 Å². The van der Waals surface area contributed by atoms with Crippen molar-refractivity contribution >= 4 is 27.2 Å². The lowest BCUT2D eigenvalue weighted by atomic mass is 10.1. The molecule has 0 bridgehead atoms. The molecule has 0 amide bonds. The molecule has 1 aliphatic heterocycles. The van der Waals surface area contributed by atoms with E-state index in [9.17, 15) is 8.42 Å². The molecule has 1 saturated heterocycles. The van der Waals surface area contributed by atoms with Gasteiger partial charge in [-0.2, -0.15) is 0 Å². The molecule has 1 fully saturated rings. The Labute approximate surface area is 125 Å². The fourth-order valence-electron chi connectivity index (χ4n) is 2.35. The maximum absolute atomic E-state index is 12.3. The fraction of sp³-hybridized carbons (Fsp3) is 0.462. The summed E-state index contributed by atoms with van der Waals surface area (Å²) in [6, 6.07) is 6.29. The molecule has 0 saturated carbocycles. The predicted octanol–water partition coefficient (Wildman–Crippen LogP) is 0.693. The monoisotopic (exact) mass is 313 g/mol. The number of rotatable bonds is 4. The van der Waals surface area contributed by atoms with E-state index in [2.05, 4.69) is 9.62 Å². The SMILES string of the molecule is CN1CCCC(NS(=O)(=O)c2ccc(C(N)=S)cc2)C1. The highest BCUT2D eigenvalue weighted by atomic mass is 32.2. The lowest BCUT2D eigenvalue weighted by Gasteiger charge is -2.29. The topological polar surface area (TPSA) is 75.4 Å². The zero-order chi connectivity index (χ0) is 14.8. The van der Waals surface area contributed by atoms with E-state index in [0.717, 1.165) is 25.9 Å². The summed E-state index contributed by atoms with van der Waals surface area (Å²) in [6.45, 7) is 1.76. The van der Waals surface area contributed by atoms with Gasteiger partial charge in [0.05, 0.1) is 4.90 Å². The van der Waals surface area contributed by atoms with Crippen LogP contribution >= 0.6 is 12.2 Å². The molecule has 1 aromatic rings. The number of sulfonamides is 1. The number of nitrogens with two attached hydrogens (primary N) is 1. The summed E-state index contributed by atoms with van der Waals surface area (Å²) in [5.41, 5.74) is 6.16. The first kappa shape index (κ1) is 15.4. The van der Waals surface area contributed by atoms with E-state index < -0.39 is 10.0 Å². The van der Waals surface area contributed by atoms with Crippen molar-refractivity contribution in [1.29, 1.82) is 0 Å². The highest BCUT2D eigenvalue weighted by Crippen LogP contribution is 2.14. The number of thiocarbonyl (C=S) groups is 1. The van der Waals surface area contributed by atoms with Crippen LogP contribution in [0, 0.1) is 0 Å². The predicted molar refractivity (Wildman–Crippen MR) is 83.2 cm³/mol. The Kier molecular flexibility index (Phi) is 4.74. The molecule has 3 N–H and O–H groups in total. The van der Waals surface area contributed by atoms with Crippen molar-refractivity contribution in [3.8, 4) is 0 Å². The van der Waals surface area contributed by atoms with E-state index in [1.54, 1.807) is 12.1 Å². The van der Waals surface area contributed by atoms with Crippen LogP contribution in [0.15, 0.2) is 29.2 Å². The number of nitrogens with zero attached hydrogens (tertiary/aromatic N) is 1. The minimum absolute atomic E-state index is 0.0333. The molecule has 110 valence electrons. The number of benzene rings is 1. The molecular formula is C13H19N3O2S2. The van der Waals surface area contributed by atoms with Crippen LogP contribution in [0.25, 0.3) is 0 Å². The van der Waals surface area contributed by atoms with Crippen LogP contribution in [-0.4, -0.2) is 44.5 Å². The zero-order valence-corrected chi connectivity index (χ0v) is 13.0. The Bertz CT molecular complexity index is 584. The first-order chi connectivity index (χ1) is 9.38. The third-order valence-corrected chi connectivity index (χ3v) is 5.17. The van der Waals surface area contributed by atoms with Crippen molar-refractivity contribution in [1.82, 2.24) is 9.62 Å². The molecule has 0 spiro atoms. The van der Waals surface area contributed by atoms with Gasteiger partial charge in [0.2, 0.25) is 10.0 Å². The fourth-order valence-corrected chi connectivity index (χ4v) is 3.75. The second-order valence-electron chi connectivity index (χ2n) is 5.11. The van der Waals surface area contributed by atoms with Crippen LogP contribution < -0.4 is 10.5 Å². The van der Waals surface area contributed by atoms with Gasteiger partial charge in [-0.05, 0) is 38.6 Å². The summed E-state index contributed by atoms with van der Waals surface area (Å²) in [7, 11) is -1.49. The van der Waals surface area contributed by atoms with Gasteiger partial charge >= 0.3 is 0 Å². The highest BCUT2D eigenvalue weighted by Gasteiger charge is 2.23. The lowest BCUT2D eigenvalue weighted by molar-refractivity contribution is 0.242. The summed E-state index contributed by atoms with van der Waals surface area (Å²) >= 11 is 4.85. The molecule has 1 aromatic carbocycles. The molecule has 7 heteroatoms. The van der Waals surface area contributed by atoms with Crippen molar-refractivity contribution in [3.05, 3.63) is 29.8 Å². The molecule has 0 aliphatic carbocycles. The Morgan fingerprint density at radius 1 is 1.40 bits per heavy atom. The van der Waals surface area contributed by atoms with Crippen molar-refractivity contribution in [2.24, 2.45) is 5.73 Å². The van der Waals surface area contributed by atoms with Crippen LogP contribution in [0.1, 0.15) is 18.4 Å². The largest absolute Gasteiger partial charge is 0.389 e. The van der Waals surface area contributed by atoms with Gasteiger partial charge in [-0.25, -0.2) is 13.1 Å². The molecule has 1 heterocycles. The molecular weight excluding hydrogens is 294 g/mol. The minimum atomic E-state index is -3.49. The van der Waals surface area contributed by atoms with Gasteiger partial charge in [-0.3, -0.25) is 0 Å². The van der Waals surface area contributed by atoms with Gasteiger partial charge in [-0.1, -0.05) is 24.4 Å². The minimum Gasteiger partial charge on any atom is -0.389 e. The number of nitrogens with one attached hydrogen (secondary N) is 1.